The average Bonchev–Trinajstić information content (AvgIpc) is 2.40. The second kappa shape index (κ2) is 8.89. The van der Waals surface area contributed by atoms with Gasteiger partial charge in [-0.1, -0.05) is 29.3 Å². The van der Waals surface area contributed by atoms with Crippen LogP contribution in [0.5, 0.6) is 0 Å². The van der Waals surface area contributed by atoms with Crippen LogP contribution in [-0.2, 0) is 9.63 Å². The Bertz CT molecular complexity index is 519. The fourth-order valence-electron chi connectivity index (χ4n) is 1.43. The van der Waals surface area contributed by atoms with Gasteiger partial charge in [-0.25, -0.2) is 0 Å². The SMILES string of the molecule is CN(C)CCON/C(=C\CC(=O)O)c1ccc(Cl)c(Cl)c1. The number of halogens is 2. The molecule has 0 aromatic heterocycles. The van der Waals surface area contributed by atoms with E-state index in [-0.39, 0.29) is 6.42 Å². The molecule has 0 bridgehead atoms. The van der Waals surface area contributed by atoms with E-state index in [1.54, 1.807) is 18.2 Å². The summed E-state index contributed by atoms with van der Waals surface area (Å²) < 4.78 is 0. The fraction of sp³-hybridized carbons (Fsp3) is 0.357. The summed E-state index contributed by atoms with van der Waals surface area (Å²) in [6.07, 6.45) is 1.40. The number of nitrogens with zero attached hydrogens (tertiary/aromatic N) is 1. The first-order chi connectivity index (χ1) is 9.90. The molecule has 1 rings (SSSR count). The molecule has 0 unspecified atom stereocenters. The minimum Gasteiger partial charge on any atom is -0.481 e. The van der Waals surface area contributed by atoms with Crippen molar-refractivity contribution in [2.24, 2.45) is 0 Å². The van der Waals surface area contributed by atoms with E-state index in [1.807, 2.05) is 19.0 Å². The molecule has 0 amide bonds. The number of benzene rings is 1. The molecular weight excluding hydrogens is 315 g/mol. The lowest BCUT2D eigenvalue weighted by atomic mass is 10.1. The lowest BCUT2D eigenvalue weighted by Crippen LogP contribution is -2.23. The van der Waals surface area contributed by atoms with E-state index in [0.717, 1.165) is 6.54 Å². The Balaban J connectivity index is 2.78. The lowest BCUT2D eigenvalue weighted by Gasteiger charge is -2.14. The molecule has 116 valence electrons. The first-order valence-electron chi connectivity index (χ1n) is 6.30. The number of hydrogen-bond donors (Lipinski definition) is 2. The Morgan fingerprint density at radius 3 is 2.67 bits per heavy atom. The van der Waals surface area contributed by atoms with Gasteiger partial charge in [0.2, 0.25) is 0 Å². The maximum Gasteiger partial charge on any atom is 0.307 e. The predicted octanol–water partition coefficient (Wildman–Crippen LogP) is 2.89. The molecule has 7 heteroatoms. The Labute approximate surface area is 134 Å². The van der Waals surface area contributed by atoms with Crippen LogP contribution in [0.25, 0.3) is 5.70 Å². The molecule has 0 heterocycles. The predicted molar refractivity (Wildman–Crippen MR) is 84.3 cm³/mol. The van der Waals surface area contributed by atoms with Gasteiger partial charge < -0.3 is 10.0 Å². The Hall–Kier alpha value is -1.27. The second-order valence-electron chi connectivity index (χ2n) is 4.60. The van der Waals surface area contributed by atoms with Gasteiger partial charge in [0.25, 0.3) is 0 Å². The van der Waals surface area contributed by atoms with Crippen molar-refractivity contribution in [2.75, 3.05) is 27.2 Å². The summed E-state index contributed by atoms with van der Waals surface area (Å²) in [5.74, 6) is -0.928. The van der Waals surface area contributed by atoms with E-state index in [1.165, 1.54) is 6.08 Å². The third kappa shape index (κ3) is 6.82. The van der Waals surface area contributed by atoms with Gasteiger partial charge in [0.1, 0.15) is 0 Å². The second-order valence-corrected chi connectivity index (χ2v) is 5.41. The molecule has 21 heavy (non-hydrogen) atoms. The summed E-state index contributed by atoms with van der Waals surface area (Å²) in [6, 6.07) is 5.04. The van der Waals surface area contributed by atoms with Gasteiger partial charge in [0, 0.05) is 12.1 Å². The summed E-state index contributed by atoms with van der Waals surface area (Å²) in [6.45, 7) is 1.19. The first-order valence-corrected chi connectivity index (χ1v) is 7.05. The molecule has 5 nitrogen and oxygen atoms in total. The van der Waals surface area contributed by atoms with Crippen molar-refractivity contribution in [2.45, 2.75) is 6.42 Å². The van der Waals surface area contributed by atoms with E-state index in [0.29, 0.717) is 27.9 Å². The van der Waals surface area contributed by atoms with Crippen LogP contribution in [0, 0.1) is 0 Å². The van der Waals surface area contributed by atoms with Crippen LogP contribution in [0.2, 0.25) is 10.0 Å². The van der Waals surface area contributed by atoms with Crippen LogP contribution in [0.4, 0.5) is 0 Å². The van der Waals surface area contributed by atoms with E-state index < -0.39 is 5.97 Å². The molecule has 0 aliphatic heterocycles. The molecule has 1 aromatic rings. The molecule has 0 aliphatic carbocycles. The number of carboxylic acids is 1. The van der Waals surface area contributed by atoms with Crippen molar-refractivity contribution in [3.63, 3.8) is 0 Å². The zero-order chi connectivity index (χ0) is 15.8. The van der Waals surface area contributed by atoms with E-state index >= 15 is 0 Å². The molecule has 0 aliphatic rings. The van der Waals surface area contributed by atoms with Gasteiger partial charge in [-0.15, -0.1) is 0 Å². The lowest BCUT2D eigenvalue weighted by molar-refractivity contribution is -0.136. The summed E-state index contributed by atoms with van der Waals surface area (Å²) in [4.78, 5) is 18.0. The van der Waals surface area contributed by atoms with Crippen molar-refractivity contribution in [1.82, 2.24) is 10.4 Å². The molecule has 0 spiro atoms. The van der Waals surface area contributed by atoms with E-state index in [4.69, 9.17) is 33.1 Å². The minimum absolute atomic E-state index is 0.125. The van der Waals surface area contributed by atoms with Gasteiger partial charge in [0.15, 0.2) is 0 Å². The Morgan fingerprint density at radius 2 is 2.10 bits per heavy atom. The van der Waals surface area contributed by atoms with Crippen molar-refractivity contribution in [1.29, 1.82) is 0 Å². The molecule has 0 radical (unpaired) electrons. The fourth-order valence-corrected chi connectivity index (χ4v) is 1.73. The molecule has 2 N–H and O–H groups in total. The number of carbonyl (C=O) groups is 1. The highest BCUT2D eigenvalue weighted by atomic mass is 35.5. The molecule has 0 saturated carbocycles. The van der Waals surface area contributed by atoms with Gasteiger partial charge in [-0.2, -0.15) is 0 Å². The van der Waals surface area contributed by atoms with Crippen LogP contribution in [-0.4, -0.2) is 43.2 Å². The summed E-state index contributed by atoms with van der Waals surface area (Å²) >= 11 is 11.8. The van der Waals surface area contributed by atoms with E-state index in [9.17, 15) is 4.79 Å². The number of hydrogen-bond acceptors (Lipinski definition) is 4. The molecule has 0 fully saturated rings. The highest BCUT2D eigenvalue weighted by Crippen LogP contribution is 2.25. The largest absolute Gasteiger partial charge is 0.481 e. The van der Waals surface area contributed by atoms with Crippen LogP contribution < -0.4 is 5.48 Å². The normalized spacial score (nSPS) is 11.8. The minimum atomic E-state index is -0.928. The topological polar surface area (TPSA) is 61.8 Å². The maximum atomic E-state index is 10.7. The number of aliphatic carboxylic acids is 1. The zero-order valence-electron chi connectivity index (χ0n) is 11.9. The standard InChI is InChI=1S/C14H18Cl2N2O3/c1-18(2)7-8-21-17-13(5-6-14(19)20)10-3-4-11(15)12(16)9-10/h3-5,9,17H,6-8H2,1-2H3,(H,19,20)/b13-5-. The number of likely N-dealkylation sites (N-methyl/N-ethyl adjacent to an activating group) is 1. The number of carboxylic acid groups (broad SMARTS) is 1. The third-order valence-electron chi connectivity index (χ3n) is 2.53. The number of hydroxylamine groups is 1. The van der Waals surface area contributed by atoms with Crippen LogP contribution in [0.1, 0.15) is 12.0 Å². The monoisotopic (exact) mass is 332 g/mol. The Kier molecular flexibility index (Phi) is 7.53. The van der Waals surface area contributed by atoms with Crippen LogP contribution in [0.15, 0.2) is 24.3 Å². The van der Waals surface area contributed by atoms with Gasteiger partial charge in [-0.3, -0.25) is 15.1 Å². The molecule has 0 atom stereocenters. The van der Waals surface area contributed by atoms with Crippen molar-refractivity contribution in [3.05, 3.63) is 39.9 Å². The zero-order valence-corrected chi connectivity index (χ0v) is 13.4. The molecule has 1 aromatic carbocycles. The summed E-state index contributed by atoms with van der Waals surface area (Å²) in [7, 11) is 3.87. The number of nitrogens with one attached hydrogen (secondary N) is 1. The van der Waals surface area contributed by atoms with Crippen molar-refractivity contribution >= 4 is 34.9 Å². The smallest absolute Gasteiger partial charge is 0.307 e. The number of rotatable bonds is 8. The molecular formula is C14H18Cl2N2O3. The van der Waals surface area contributed by atoms with Gasteiger partial charge in [0.05, 0.1) is 28.8 Å². The maximum absolute atomic E-state index is 10.7. The highest BCUT2D eigenvalue weighted by molar-refractivity contribution is 6.42. The van der Waals surface area contributed by atoms with Gasteiger partial charge >= 0.3 is 5.97 Å². The highest BCUT2D eigenvalue weighted by Gasteiger charge is 2.06. The van der Waals surface area contributed by atoms with Crippen LogP contribution >= 0.6 is 23.2 Å². The average molecular weight is 333 g/mol. The Morgan fingerprint density at radius 1 is 1.38 bits per heavy atom. The van der Waals surface area contributed by atoms with Crippen LogP contribution in [0.3, 0.4) is 0 Å². The summed E-state index contributed by atoms with van der Waals surface area (Å²) in [5, 5.41) is 9.62. The molecule has 0 saturated heterocycles. The van der Waals surface area contributed by atoms with E-state index in [2.05, 4.69) is 5.48 Å². The van der Waals surface area contributed by atoms with Gasteiger partial charge in [-0.05, 0) is 32.3 Å². The third-order valence-corrected chi connectivity index (χ3v) is 3.27. The first kappa shape index (κ1) is 17.8. The van der Waals surface area contributed by atoms with Crippen molar-refractivity contribution < 1.29 is 14.7 Å². The summed E-state index contributed by atoms with van der Waals surface area (Å²) in [5.41, 5.74) is 4.00. The quantitative estimate of drug-likeness (QED) is 0.566. The van der Waals surface area contributed by atoms with Crippen molar-refractivity contribution in [3.8, 4) is 0 Å².